The number of carbonyl (C=O) groups excluding carboxylic acids is 1. The van der Waals surface area contributed by atoms with Crippen molar-refractivity contribution in [3.63, 3.8) is 0 Å². The summed E-state index contributed by atoms with van der Waals surface area (Å²) >= 11 is 0. The lowest BCUT2D eigenvalue weighted by molar-refractivity contribution is -0.385. The zero-order valence-corrected chi connectivity index (χ0v) is 10.7. The molecule has 0 bridgehead atoms. The average molecular weight is 250 g/mol. The fourth-order valence-electron chi connectivity index (χ4n) is 1.82. The molecule has 1 amide bonds. The standard InChI is InChI=1S/C13H18N2O3/c1-3-10(4-2)13(16)14-9-11-7-5-6-8-12(11)15(17)18/h5-8,10H,3-4,9H2,1-2H3,(H,14,16). The summed E-state index contributed by atoms with van der Waals surface area (Å²) in [4.78, 5) is 22.2. The van der Waals surface area contributed by atoms with Crippen molar-refractivity contribution in [2.75, 3.05) is 0 Å². The lowest BCUT2D eigenvalue weighted by Gasteiger charge is -2.12. The summed E-state index contributed by atoms with van der Waals surface area (Å²) in [6.45, 7) is 4.11. The summed E-state index contributed by atoms with van der Waals surface area (Å²) < 4.78 is 0. The number of carbonyl (C=O) groups is 1. The maximum Gasteiger partial charge on any atom is 0.274 e. The Morgan fingerprint density at radius 3 is 2.50 bits per heavy atom. The molecule has 5 nitrogen and oxygen atoms in total. The molecule has 0 aliphatic carbocycles. The van der Waals surface area contributed by atoms with Crippen molar-refractivity contribution in [3.05, 3.63) is 39.9 Å². The van der Waals surface area contributed by atoms with Crippen molar-refractivity contribution in [2.24, 2.45) is 5.92 Å². The van der Waals surface area contributed by atoms with Crippen LogP contribution < -0.4 is 5.32 Å². The maximum atomic E-state index is 11.8. The van der Waals surface area contributed by atoms with E-state index in [0.29, 0.717) is 5.56 Å². The first-order chi connectivity index (χ1) is 8.60. The van der Waals surface area contributed by atoms with Crippen molar-refractivity contribution in [1.29, 1.82) is 0 Å². The second-order valence-electron chi connectivity index (χ2n) is 4.12. The van der Waals surface area contributed by atoms with E-state index in [-0.39, 0.29) is 24.1 Å². The van der Waals surface area contributed by atoms with E-state index in [1.165, 1.54) is 6.07 Å². The molecule has 5 heteroatoms. The van der Waals surface area contributed by atoms with Gasteiger partial charge in [0.2, 0.25) is 5.91 Å². The molecule has 1 N–H and O–H groups in total. The summed E-state index contributed by atoms with van der Waals surface area (Å²) in [7, 11) is 0. The van der Waals surface area contributed by atoms with Gasteiger partial charge in [0.15, 0.2) is 0 Å². The van der Waals surface area contributed by atoms with Gasteiger partial charge in [0, 0.05) is 24.1 Å². The Morgan fingerprint density at radius 2 is 1.94 bits per heavy atom. The fourth-order valence-corrected chi connectivity index (χ4v) is 1.82. The smallest absolute Gasteiger partial charge is 0.274 e. The monoisotopic (exact) mass is 250 g/mol. The van der Waals surface area contributed by atoms with Crippen LogP contribution in [-0.4, -0.2) is 10.8 Å². The molecule has 0 saturated heterocycles. The molecule has 0 saturated carbocycles. The van der Waals surface area contributed by atoms with Crippen LogP contribution in [0.4, 0.5) is 5.69 Å². The molecule has 0 spiro atoms. The van der Waals surface area contributed by atoms with Gasteiger partial charge in [-0.1, -0.05) is 32.0 Å². The van der Waals surface area contributed by atoms with Crippen LogP contribution in [0.15, 0.2) is 24.3 Å². The zero-order chi connectivity index (χ0) is 13.5. The van der Waals surface area contributed by atoms with E-state index >= 15 is 0 Å². The minimum atomic E-state index is -0.432. The van der Waals surface area contributed by atoms with Gasteiger partial charge in [0.25, 0.3) is 5.69 Å². The Bertz CT molecular complexity index is 428. The third kappa shape index (κ3) is 3.55. The van der Waals surface area contributed by atoms with Gasteiger partial charge in [-0.15, -0.1) is 0 Å². The van der Waals surface area contributed by atoms with Crippen molar-refractivity contribution < 1.29 is 9.72 Å². The molecule has 1 aromatic carbocycles. The molecule has 18 heavy (non-hydrogen) atoms. The molecule has 0 unspecified atom stereocenters. The van der Waals surface area contributed by atoms with E-state index in [4.69, 9.17) is 0 Å². The predicted octanol–water partition coefficient (Wildman–Crippen LogP) is 2.65. The van der Waals surface area contributed by atoms with E-state index in [2.05, 4.69) is 5.32 Å². The first-order valence-corrected chi connectivity index (χ1v) is 6.10. The van der Waals surface area contributed by atoms with Crippen LogP contribution in [0.3, 0.4) is 0 Å². The molecule has 0 heterocycles. The van der Waals surface area contributed by atoms with Crippen molar-refractivity contribution >= 4 is 11.6 Å². The number of rotatable bonds is 6. The predicted molar refractivity (Wildman–Crippen MR) is 69.0 cm³/mol. The number of para-hydroxylation sites is 1. The van der Waals surface area contributed by atoms with Gasteiger partial charge >= 0.3 is 0 Å². The normalized spacial score (nSPS) is 10.4. The van der Waals surface area contributed by atoms with Crippen LogP contribution in [0.1, 0.15) is 32.3 Å². The van der Waals surface area contributed by atoms with E-state index in [0.717, 1.165) is 12.8 Å². The summed E-state index contributed by atoms with van der Waals surface area (Å²) in [5.41, 5.74) is 0.573. The van der Waals surface area contributed by atoms with Crippen LogP contribution in [0.25, 0.3) is 0 Å². The molecular formula is C13H18N2O3. The van der Waals surface area contributed by atoms with Crippen LogP contribution in [0.2, 0.25) is 0 Å². The van der Waals surface area contributed by atoms with E-state index < -0.39 is 4.92 Å². The van der Waals surface area contributed by atoms with Crippen molar-refractivity contribution in [2.45, 2.75) is 33.2 Å². The first-order valence-electron chi connectivity index (χ1n) is 6.10. The molecule has 0 atom stereocenters. The summed E-state index contributed by atoms with van der Waals surface area (Å²) in [5, 5.41) is 13.6. The third-order valence-corrected chi connectivity index (χ3v) is 3.00. The molecule has 98 valence electrons. The van der Waals surface area contributed by atoms with Gasteiger partial charge in [-0.2, -0.15) is 0 Å². The molecule has 1 aromatic rings. The number of hydrogen-bond donors (Lipinski definition) is 1. The fraction of sp³-hybridized carbons (Fsp3) is 0.462. The van der Waals surface area contributed by atoms with Crippen LogP contribution in [0, 0.1) is 16.0 Å². The Morgan fingerprint density at radius 1 is 1.33 bits per heavy atom. The first kappa shape index (κ1) is 14.2. The van der Waals surface area contributed by atoms with E-state index in [1.807, 2.05) is 13.8 Å². The molecule has 1 rings (SSSR count). The molecule has 0 aromatic heterocycles. The lowest BCUT2D eigenvalue weighted by atomic mass is 10.0. The highest BCUT2D eigenvalue weighted by atomic mass is 16.6. The largest absolute Gasteiger partial charge is 0.352 e. The van der Waals surface area contributed by atoms with Crippen molar-refractivity contribution in [3.8, 4) is 0 Å². The Kier molecular flexibility index (Phi) is 5.30. The number of nitrogens with one attached hydrogen (secondary N) is 1. The van der Waals surface area contributed by atoms with Gasteiger partial charge < -0.3 is 5.32 Å². The second kappa shape index (κ2) is 6.74. The van der Waals surface area contributed by atoms with Crippen LogP contribution >= 0.6 is 0 Å². The zero-order valence-electron chi connectivity index (χ0n) is 10.7. The SMILES string of the molecule is CCC(CC)C(=O)NCc1ccccc1[N+](=O)[O-]. The summed E-state index contributed by atoms with van der Waals surface area (Å²) in [6.07, 6.45) is 1.55. The minimum Gasteiger partial charge on any atom is -0.352 e. The lowest BCUT2D eigenvalue weighted by Crippen LogP contribution is -2.29. The highest BCUT2D eigenvalue weighted by molar-refractivity contribution is 5.78. The number of nitrogens with zero attached hydrogens (tertiary/aromatic N) is 1. The number of amides is 1. The maximum absolute atomic E-state index is 11.8. The van der Waals surface area contributed by atoms with Crippen LogP contribution in [-0.2, 0) is 11.3 Å². The Labute approximate surface area is 106 Å². The van der Waals surface area contributed by atoms with Gasteiger partial charge in [0.1, 0.15) is 0 Å². The molecule has 0 aliphatic heterocycles. The highest BCUT2D eigenvalue weighted by Crippen LogP contribution is 2.17. The molecule has 0 aliphatic rings. The number of nitro groups is 1. The van der Waals surface area contributed by atoms with Crippen LogP contribution in [0.5, 0.6) is 0 Å². The van der Waals surface area contributed by atoms with E-state index in [9.17, 15) is 14.9 Å². The molecule has 0 fully saturated rings. The van der Waals surface area contributed by atoms with E-state index in [1.54, 1.807) is 18.2 Å². The number of benzene rings is 1. The topological polar surface area (TPSA) is 72.2 Å². The summed E-state index contributed by atoms with van der Waals surface area (Å²) in [5.74, 6) is -0.0640. The van der Waals surface area contributed by atoms with Gasteiger partial charge in [-0.3, -0.25) is 14.9 Å². The molecular weight excluding hydrogens is 232 g/mol. The quantitative estimate of drug-likeness (QED) is 0.623. The number of nitro benzene ring substituents is 1. The van der Waals surface area contributed by atoms with Gasteiger partial charge in [0.05, 0.1) is 4.92 Å². The Balaban J connectivity index is 2.69. The Hall–Kier alpha value is -1.91. The van der Waals surface area contributed by atoms with Gasteiger partial charge in [-0.25, -0.2) is 0 Å². The average Bonchev–Trinajstić information content (AvgIpc) is 2.38. The second-order valence-corrected chi connectivity index (χ2v) is 4.12. The summed E-state index contributed by atoms with van der Waals surface area (Å²) in [6, 6.07) is 6.44. The van der Waals surface area contributed by atoms with Gasteiger partial charge in [-0.05, 0) is 12.8 Å². The third-order valence-electron chi connectivity index (χ3n) is 3.00. The minimum absolute atomic E-state index is 0.0206. The highest BCUT2D eigenvalue weighted by Gasteiger charge is 2.16. The van der Waals surface area contributed by atoms with Crippen molar-refractivity contribution in [1.82, 2.24) is 5.32 Å². The molecule has 0 radical (unpaired) electrons. The number of hydrogen-bond acceptors (Lipinski definition) is 3.